The second-order valence-electron chi connectivity index (χ2n) is 5.49. The summed E-state index contributed by atoms with van der Waals surface area (Å²) < 4.78 is 0. The predicted octanol–water partition coefficient (Wildman–Crippen LogP) is 3.12. The van der Waals surface area contributed by atoms with E-state index in [9.17, 15) is 0 Å². The van der Waals surface area contributed by atoms with Crippen LogP contribution in [0.5, 0.6) is 0 Å². The summed E-state index contributed by atoms with van der Waals surface area (Å²) in [5.41, 5.74) is 9.78. The van der Waals surface area contributed by atoms with Crippen molar-refractivity contribution in [1.29, 1.82) is 0 Å². The molecule has 1 fully saturated rings. The summed E-state index contributed by atoms with van der Waals surface area (Å²) in [6, 6.07) is 6.84. The van der Waals surface area contributed by atoms with Crippen LogP contribution >= 0.6 is 0 Å². The fourth-order valence-corrected chi connectivity index (χ4v) is 2.72. The predicted molar refractivity (Wildman–Crippen MR) is 79.2 cm³/mol. The number of anilines is 1. The number of nitrogens with two attached hydrogens (primary N) is 1. The zero-order valence-electron chi connectivity index (χ0n) is 11.8. The fourth-order valence-electron chi connectivity index (χ4n) is 2.72. The first kappa shape index (κ1) is 13.4. The molecule has 18 heavy (non-hydrogen) atoms. The summed E-state index contributed by atoms with van der Waals surface area (Å²) in [6.07, 6.45) is 5.25. The molecular weight excluding hydrogens is 220 g/mol. The van der Waals surface area contributed by atoms with Crippen molar-refractivity contribution in [2.24, 2.45) is 11.7 Å². The monoisotopic (exact) mass is 246 g/mol. The Morgan fingerprint density at radius 2 is 2.11 bits per heavy atom. The van der Waals surface area contributed by atoms with Crippen molar-refractivity contribution >= 4 is 5.69 Å². The molecule has 2 nitrogen and oxygen atoms in total. The van der Waals surface area contributed by atoms with Gasteiger partial charge in [0, 0.05) is 18.8 Å². The van der Waals surface area contributed by atoms with Crippen LogP contribution in [0.2, 0.25) is 0 Å². The molecule has 100 valence electrons. The molecule has 0 amide bonds. The Hall–Kier alpha value is -1.02. The quantitative estimate of drug-likeness (QED) is 0.835. The Morgan fingerprint density at radius 3 is 2.61 bits per heavy atom. The van der Waals surface area contributed by atoms with Gasteiger partial charge in [-0.25, -0.2) is 0 Å². The van der Waals surface area contributed by atoms with Crippen LogP contribution in [0.25, 0.3) is 0 Å². The van der Waals surface area contributed by atoms with Crippen molar-refractivity contribution in [2.75, 3.05) is 24.5 Å². The zero-order chi connectivity index (χ0) is 13.0. The van der Waals surface area contributed by atoms with Gasteiger partial charge in [-0.15, -0.1) is 0 Å². The topological polar surface area (TPSA) is 29.3 Å². The molecule has 2 N–H and O–H groups in total. The van der Waals surface area contributed by atoms with Gasteiger partial charge in [0.05, 0.1) is 0 Å². The first-order valence-electron chi connectivity index (χ1n) is 7.29. The molecule has 0 atom stereocenters. The number of hydrogen-bond donors (Lipinski definition) is 1. The minimum atomic E-state index is 0.736. The van der Waals surface area contributed by atoms with Crippen molar-refractivity contribution in [3.05, 3.63) is 29.3 Å². The molecule has 1 saturated carbocycles. The van der Waals surface area contributed by atoms with E-state index in [1.165, 1.54) is 42.6 Å². The third kappa shape index (κ3) is 3.05. The molecule has 0 spiro atoms. The van der Waals surface area contributed by atoms with Crippen molar-refractivity contribution in [3.8, 4) is 0 Å². The van der Waals surface area contributed by atoms with Crippen molar-refractivity contribution < 1.29 is 0 Å². The van der Waals surface area contributed by atoms with E-state index in [0.717, 1.165) is 25.4 Å². The van der Waals surface area contributed by atoms with Crippen LogP contribution in [0.3, 0.4) is 0 Å². The Kier molecular flexibility index (Phi) is 4.65. The smallest absolute Gasteiger partial charge is 0.0369 e. The third-order valence-corrected chi connectivity index (χ3v) is 4.19. The third-order valence-electron chi connectivity index (χ3n) is 4.19. The van der Waals surface area contributed by atoms with Gasteiger partial charge >= 0.3 is 0 Å². The molecular formula is C16H26N2. The lowest BCUT2D eigenvalue weighted by Gasteiger charge is -2.33. The maximum atomic E-state index is 5.63. The lowest BCUT2D eigenvalue weighted by Crippen LogP contribution is -2.32. The summed E-state index contributed by atoms with van der Waals surface area (Å²) in [6.45, 7) is 7.52. The summed E-state index contributed by atoms with van der Waals surface area (Å²) >= 11 is 0. The molecule has 0 aromatic heterocycles. The maximum absolute atomic E-state index is 5.63. The van der Waals surface area contributed by atoms with Crippen molar-refractivity contribution in [2.45, 2.75) is 39.5 Å². The van der Waals surface area contributed by atoms with E-state index >= 15 is 0 Å². The molecule has 0 unspecified atom stereocenters. The molecule has 2 rings (SSSR count). The second-order valence-corrected chi connectivity index (χ2v) is 5.49. The van der Waals surface area contributed by atoms with Gasteiger partial charge in [0.1, 0.15) is 0 Å². The van der Waals surface area contributed by atoms with E-state index in [2.05, 4.69) is 36.9 Å². The normalized spacial score (nSPS) is 15.5. The summed E-state index contributed by atoms with van der Waals surface area (Å²) in [4.78, 5) is 2.52. The average Bonchev–Trinajstić information content (AvgIpc) is 2.31. The summed E-state index contributed by atoms with van der Waals surface area (Å²) in [5.74, 6) is 0.925. The van der Waals surface area contributed by atoms with E-state index in [4.69, 9.17) is 5.73 Å². The van der Waals surface area contributed by atoms with Gasteiger partial charge in [-0.2, -0.15) is 0 Å². The number of benzene rings is 1. The van der Waals surface area contributed by atoms with Gasteiger partial charge in [0.2, 0.25) is 0 Å². The van der Waals surface area contributed by atoms with Crippen molar-refractivity contribution in [1.82, 2.24) is 0 Å². The highest BCUT2D eigenvalue weighted by atomic mass is 15.1. The standard InChI is InChI=1S/C16H26N2/c1-3-18(12-14-5-4-6-14)16-8-7-15(9-10-17)13(2)11-16/h7-8,11,14H,3-6,9-10,12,17H2,1-2H3. The van der Waals surface area contributed by atoms with E-state index in [1.807, 2.05) is 0 Å². The average molecular weight is 246 g/mol. The number of rotatable bonds is 6. The molecule has 1 aromatic carbocycles. The molecule has 1 aromatic rings. The molecule has 0 heterocycles. The van der Waals surface area contributed by atoms with Crippen LogP contribution in [-0.2, 0) is 6.42 Å². The van der Waals surface area contributed by atoms with Gasteiger partial charge in [0.15, 0.2) is 0 Å². The van der Waals surface area contributed by atoms with E-state index in [1.54, 1.807) is 0 Å². The molecule has 0 saturated heterocycles. The lowest BCUT2D eigenvalue weighted by atomic mass is 9.85. The van der Waals surface area contributed by atoms with Crippen LogP contribution in [0.15, 0.2) is 18.2 Å². The summed E-state index contributed by atoms with van der Waals surface area (Å²) in [5, 5.41) is 0. The van der Waals surface area contributed by atoms with Gasteiger partial charge in [0.25, 0.3) is 0 Å². The largest absolute Gasteiger partial charge is 0.372 e. The Balaban J connectivity index is 2.07. The first-order chi connectivity index (χ1) is 8.74. The molecule has 0 radical (unpaired) electrons. The van der Waals surface area contributed by atoms with Gasteiger partial charge in [-0.3, -0.25) is 0 Å². The fraction of sp³-hybridized carbons (Fsp3) is 0.625. The highest BCUT2D eigenvalue weighted by molar-refractivity contribution is 5.51. The first-order valence-corrected chi connectivity index (χ1v) is 7.29. The van der Waals surface area contributed by atoms with E-state index < -0.39 is 0 Å². The molecule has 1 aliphatic carbocycles. The second kappa shape index (κ2) is 6.24. The minimum Gasteiger partial charge on any atom is -0.372 e. The molecule has 1 aliphatic rings. The van der Waals surface area contributed by atoms with Gasteiger partial charge in [-0.1, -0.05) is 12.5 Å². The highest BCUT2D eigenvalue weighted by Crippen LogP contribution is 2.29. The summed E-state index contributed by atoms with van der Waals surface area (Å²) in [7, 11) is 0. The Labute approximate surface area is 111 Å². The SMILES string of the molecule is CCN(CC1CCC1)c1ccc(CCN)c(C)c1. The van der Waals surface area contributed by atoms with Crippen LogP contribution in [-0.4, -0.2) is 19.6 Å². The van der Waals surface area contributed by atoms with Gasteiger partial charge < -0.3 is 10.6 Å². The van der Waals surface area contributed by atoms with Crippen LogP contribution < -0.4 is 10.6 Å². The molecule has 0 bridgehead atoms. The lowest BCUT2D eigenvalue weighted by molar-refractivity contribution is 0.318. The van der Waals surface area contributed by atoms with E-state index in [0.29, 0.717) is 0 Å². The van der Waals surface area contributed by atoms with E-state index in [-0.39, 0.29) is 0 Å². The van der Waals surface area contributed by atoms with Crippen LogP contribution in [0.4, 0.5) is 5.69 Å². The van der Waals surface area contributed by atoms with Crippen LogP contribution in [0, 0.1) is 12.8 Å². The van der Waals surface area contributed by atoms with Crippen LogP contribution in [0.1, 0.15) is 37.3 Å². The Bertz CT molecular complexity index is 383. The van der Waals surface area contributed by atoms with Crippen molar-refractivity contribution in [3.63, 3.8) is 0 Å². The number of hydrogen-bond acceptors (Lipinski definition) is 2. The molecule has 0 aliphatic heterocycles. The maximum Gasteiger partial charge on any atom is 0.0369 e. The minimum absolute atomic E-state index is 0.736. The molecule has 2 heteroatoms. The number of nitrogens with zero attached hydrogens (tertiary/aromatic N) is 1. The number of aryl methyl sites for hydroxylation is 1. The Morgan fingerprint density at radius 1 is 1.33 bits per heavy atom. The highest BCUT2D eigenvalue weighted by Gasteiger charge is 2.20. The van der Waals surface area contributed by atoms with Gasteiger partial charge in [-0.05, 0) is 68.8 Å². The zero-order valence-corrected chi connectivity index (χ0v) is 11.8.